The van der Waals surface area contributed by atoms with Crippen LogP contribution in [0, 0.1) is 11.3 Å². The van der Waals surface area contributed by atoms with Gasteiger partial charge in [-0.3, -0.25) is 9.78 Å². The fourth-order valence-electron chi connectivity index (χ4n) is 5.98. The Hall–Kier alpha value is -2.68. The molecule has 3 aliphatic carbocycles. The van der Waals surface area contributed by atoms with Gasteiger partial charge in [-0.2, -0.15) is 0 Å². The number of carbonyl (C=O) groups excluding carboxylic acids is 1. The second kappa shape index (κ2) is 6.16. The molecule has 6 rings (SSSR count). The average Bonchev–Trinajstić information content (AvgIpc) is 3.10. The molecule has 4 aliphatic rings. The number of carbonyl (C=O) groups is 1. The number of pyridine rings is 1. The number of rotatable bonds is 1. The first-order valence-electron chi connectivity index (χ1n) is 10.8. The second-order valence-electron chi connectivity index (χ2n) is 9.16. The molecule has 0 saturated heterocycles. The summed E-state index contributed by atoms with van der Waals surface area (Å²) in [7, 11) is 0. The van der Waals surface area contributed by atoms with Crippen LogP contribution in [0.25, 0.3) is 16.5 Å². The molecule has 3 nitrogen and oxygen atoms in total. The first kappa shape index (κ1) is 17.2. The highest BCUT2D eigenvalue weighted by Crippen LogP contribution is 2.59. The van der Waals surface area contributed by atoms with E-state index in [1.165, 1.54) is 22.1 Å². The van der Waals surface area contributed by atoms with E-state index in [4.69, 9.17) is 4.74 Å². The molecule has 1 saturated carbocycles. The van der Waals surface area contributed by atoms with E-state index in [0.29, 0.717) is 12.3 Å². The van der Waals surface area contributed by atoms with Crippen LogP contribution in [-0.4, -0.2) is 16.9 Å². The lowest BCUT2D eigenvalue weighted by molar-refractivity contribution is -0.116. The maximum absolute atomic E-state index is 12.3. The number of nitrogens with zero attached hydrogens (tertiary/aromatic N) is 1. The third-order valence-electron chi connectivity index (χ3n) is 7.59. The lowest BCUT2D eigenvalue weighted by Crippen LogP contribution is -2.42. The summed E-state index contributed by atoms with van der Waals surface area (Å²) in [6.45, 7) is 2.42. The molecule has 0 unspecified atom stereocenters. The Morgan fingerprint density at radius 1 is 1.17 bits per heavy atom. The van der Waals surface area contributed by atoms with E-state index in [9.17, 15) is 4.79 Å². The summed E-state index contributed by atoms with van der Waals surface area (Å²) >= 11 is 0. The molecular weight excluding hydrogens is 358 g/mol. The molecule has 3 heteroatoms. The van der Waals surface area contributed by atoms with Gasteiger partial charge in [0.1, 0.15) is 11.9 Å². The fraction of sp³-hybridized carbons (Fsp3) is 0.385. The van der Waals surface area contributed by atoms with Gasteiger partial charge in [0.15, 0.2) is 5.78 Å². The number of aromatic nitrogens is 1. The van der Waals surface area contributed by atoms with Crippen LogP contribution in [0.15, 0.2) is 65.6 Å². The van der Waals surface area contributed by atoms with E-state index in [-0.39, 0.29) is 17.3 Å². The Bertz CT molecular complexity index is 1140. The molecule has 146 valence electrons. The monoisotopic (exact) mass is 383 g/mol. The van der Waals surface area contributed by atoms with Crippen LogP contribution < -0.4 is 0 Å². The molecule has 0 N–H and O–H groups in total. The van der Waals surface area contributed by atoms with Crippen molar-refractivity contribution in [1.29, 1.82) is 0 Å². The van der Waals surface area contributed by atoms with Crippen molar-refractivity contribution >= 4 is 22.3 Å². The fourth-order valence-corrected chi connectivity index (χ4v) is 5.98. The van der Waals surface area contributed by atoms with Crippen molar-refractivity contribution in [2.75, 3.05) is 0 Å². The number of Topliss-reactive ketones (excluding diaryl/α,β-unsaturated/α-hetero) is 1. The molecule has 3 atom stereocenters. The van der Waals surface area contributed by atoms with Crippen LogP contribution in [0.3, 0.4) is 0 Å². The number of ketones is 1. The van der Waals surface area contributed by atoms with E-state index >= 15 is 0 Å². The van der Waals surface area contributed by atoms with Gasteiger partial charge in [-0.15, -0.1) is 0 Å². The Morgan fingerprint density at radius 2 is 2.10 bits per heavy atom. The lowest BCUT2D eigenvalue weighted by Gasteiger charge is -2.47. The van der Waals surface area contributed by atoms with Gasteiger partial charge in [0.25, 0.3) is 0 Å². The summed E-state index contributed by atoms with van der Waals surface area (Å²) in [5.74, 6) is 1.65. The largest absolute Gasteiger partial charge is 0.489 e. The number of hydrogen-bond donors (Lipinski definition) is 0. The Morgan fingerprint density at radius 3 is 3.03 bits per heavy atom. The standard InChI is InChI=1S/C26H25NO2/c1-26-12-11-18-15-19-23(28)5-2-6-24(19)29-25(18)21(26)9-8-20(26)16-7-10-22-17(14-16)4-3-13-27-22/h3-4,7-8,10,13-15,21,25H,2,5-6,9,11-12H2,1H3/t21-,25+,26+/m0/s1. The SMILES string of the molecule is C[C@]12CCC3=CC4=C(CCCC4=O)O[C@H]3[C@@H]1CC=C2c1ccc2ncccc2c1. The number of benzene rings is 1. The van der Waals surface area contributed by atoms with Crippen LogP contribution in [0.2, 0.25) is 0 Å². The van der Waals surface area contributed by atoms with Crippen molar-refractivity contribution in [2.24, 2.45) is 11.3 Å². The molecule has 1 aromatic heterocycles. The summed E-state index contributed by atoms with van der Waals surface area (Å²) in [5.41, 5.74) is 6.11. The van der Waals surface area contributed by atoms with Crippen LogP contribution in [0.5, 0.6) is 0 Å². The maximum atomic E-state index is 12.3. The van der Waals surface area contributed by atoms with Crippen molar-refractivity contribution in [3.8, 4) is 0 Å². The molecule has 1 aromatic carbocycles. The van der Waals surface area contributed by atoms with Gasteiger partial charge in [0, 0.05) is 35.8 Å². The van der Waals surface area contributed by atoms with Gasteiger partial charge in [-0.05, 0) is 66.7 Å². The number of allylic oxidation sites excluding steroid dienone is 5. The van der Waals surface area contributed by atoms with E-state index in [1.54, 1.807) is 0 Å². The van der Waals surface area contributed by atoms with Gasteiger partial charge in [0.05, 0.1) is 11.1 Å². The molecule has 0 spiro atoms. The van der Waals surface area contributed by atoms with Crippen LogP contribution >= 0.6 is 0 Å². The molecular formula is C26H25NO2. The summed E-state index contributed by atoms with van der Waals surface area (Å²) in [4.78, 5) is 16.8. The van der Waals surface area contributed by atoms with Crippen LogP contribution in [0.1, 0.15) is 51.0 Å². The summed E-state index contributed by atoms with van der Waals surface area (Å²) < 4.78 is 6.55. The van der Waals surface area contributed by atoms with Gasteiger partial charge < -0.3 is 4.74 Å². The van der Waals surface area contributed by atoms with E-state index in [0.717, 1.165) is 49.0 Å². The minimum Gasteiger partial charge on any atom is -0.489 e. The molecule has 0 amide bonds. The predicted octanol–water partition coefficient (Wildman–Crippen LogP) is 5.77. The summed E-state index contributed by atoms with van der Waals surface area (Å²) in [6, 6.07) is 10.8. The van der Waals surface area contributed by atoms with Crippen molar-refractivity contribution < 1.29 is 9.53 Å². The zero-order chi connectivity index (χ0) is 19.6. The molecule has 0 radical (unpaired) electrons. The topological polar surface area (TPSA) is 39.2 Å². The highest BCUT2D eigenvalue weighted by molar-refractivity contribution is 5.99. The third kappa shape index (κ3) is 2.49. The van der Waals surface area contributed by atoms with Gasteiger partial charge in [-0.1, -0.05) is 25.1 Å². The predicted molar refractivity (Wildman–Crippen MR) is 114 cm³/mol. The van der Waals surface area contributed by atoms with Crippen molar-refractivity contribution in [3.05, 3.63) is 71.1 Å². The normalized spacial score (nSPS) is 30.9. The van der Waals surface area contributed by atoms with Crippen molar-refractivity contribution in [2.45, 2.75) is 51.6 Å². The van der Waals surface area contributed by atoms with Gasteiger partial charge in [0.2, 0.25) is 0 Å². The minimum absolute atomic E-state index is 0.106. The first-order chi connectivity index (χ1) is 14.1. The molecule has 1 fully saturated rings. The Labute approximate surface area is 171 Å². The maximum Gasteiger partial charge on any atom is 0.166 e. The van der Waals surface area contributed by atoms with E-state index in [1.807, 2.05) is 12.3 Å². The van der Waals surface area contributed by atoms with E-state index < -0.39 is 0 Å². The van der Waals surface area contributed by atoms with E-state index in [2.05, 4.69) is 48.3 Å². The first-order valence-corrected chi connectivity index (χ1v) is 10.8. The summed E-state index contributed by atoms with van der Waals surface area (Å²) in [6.07, 6.45) is 12.2. The van der Waals surface area contributed by atoms with Crippen molar-refractivity contribution in [1.82, 2.24) is 4.98 Å². The quantitative estimate of drug-likeness (QED) is 0.627. The zero-order valence-corrected chi connectivity index (χ0v) is 16.8. The molecule has 29 heavy (non-hydrogen) atoms. The average molecular weight is 383 g/mol. The van der Waals surface area contributed by atoms with Crippen LogP contribution in [-0.2, 0) is 9.53 Å². The highest BCUT2D eigenvalue weighted by atomic mass is 16.5. The number of hydrogen-bond acceptors (Lipinski definition) is 3. The minimum atomic E-state index is 0.106. The zero-order valence-electron chi connectivity index (χ0n) is 16.8. The van der Waals surface area contributed by atoms with Crippen molar-refractivity contribution in [3.63, 3.8) is 0 Å². The smallest absolute Gasteiger partial charge is 0.166 e. The highest BCUT2D eigenvalue weighted by Gasteiger charge is 2.51. The molecule has 2 heterocycles. The molecule has 1 aliphatic heterocycles. The number of fused-ring (bicyclic) bond motifs is 4. The molecule has 0 bridgehead atoms. The Balaban J connectivity index is 1.35. The van der Waals surface area contributed by atoms with Crippen LogP contribution in [0.4, 0.5) is 0 Å². The van der Waals surface area contributed by atoms with Gasteiger partial charge >= 0.3 is 0 Å². The second-order valence-corrected chi connectivity index (χ2v) is 9.16. The lowest BCUT2D eigenvalue weighted by atomic mass is 9.62. The molecule has 2 aromatic rings. The third-order valence-corrected chi connectivity index (χ3v) is 7.59. The summed E-state index contributed by atoms with van der Waals surface area (Å²) in [5, 5.41) is 1.19. The van der Waals surface area contributed by atoms with Gasteiger partial charge in [-0.25, -0.2) is 0 Å². The Kier molecular flexibility index (Phi) is 3.65. The number of ether oxygens (including phenoxy) is 1.